The van der Waals surface area contributed by atoms with Gasteiger partial charge in [-0.05, 0) is 0 Å². The first-order valence-electron chi connectivity index (χ1n) is 5.56. The summed E-state index contributed by atoms with van der Waals surface area (Å²) in [6.45, 7) is 0. The van der Waals surface area contributed by atoms with Crippen molar-refractivity contribution in [2.45, 2.75) is 5.38 Å². The second kappa shape index (κ2) is 6.09. The van der Waals surface area contributed by atoms with Crippen molar-refractivity contribution >= 4 is 104 Å². The molecule has 0 unspecified atom stereocenters. The highest BCUT2D eigenvalue weighted by Gasteiger charge is 2.39. The van der Waals surface area contributed by atoms with Crippen LogP contribution in [-0.4, -0.2) is 0 Å². The first-order valence-corrected chi connectivity index (χ1v) is 9.02. The van der Waals surface area contributed by atoms with Gasteiger partial charge in [0.15, 0.2) is 0 Å². The summed E-state index contributed by atoms with van der Waals surface area (Å²) < 4.78 is 0. The SMILES string of the molecule is Clc1c(Cl)c(Cl)c2c(c1Cl)-c1c(Cl)c(Cl)c(Cl)c(Cl)c1C2Cl. The largest absolute Gasteiger partial charge is 0.112 e. The number of rotatable bonds is 0. The van der Waals surface area contributed by atoms with Gasteiger partial charge in [-0.25, -0.2) is 0 Å². The highest BCUT2D eigenvalue weighted by atomic mass is 35.5. The van der Waals surface area contributed by atoms with E-state index in [-0.39, 0.29) is 40.2 Å². The molecule has 0 bridgehead atoms. The predicted octanol–water partition coefficient (Wildman–Crippen LogP) is 9.22. The highest BCUT2D eigenvalue weighted by Crippen LogP contribution is 2.62. The van der Waals surface area contributed by atoms with Crippen molar-refractivity contribution in [3.63, 3.8) is 0 Å². The van der Waals surface area contributed by atoms with Crippen LogP contribution in [0.4, 0.5) is 0 Å². The lowest BCUT2D eigenvalue weighted by molar-refractivity contribution is 1.20. The summed E-state index contributed by atoms with van der Waals surface area (Å²) >= 11 is 56.1. The Bertz CT molecular complexity index is 771. The molecule has 22 heavy (non-hydrogen) atoms. The first kappa shape index (κ1) is 17.9. The minimum absolute atomic E-state index is 0.0991. The summed E-state index contributed by atoms with van der Waals surface area (Å²) in [5.41, 5.74) is 1.86. The standard InChI is InChI=1S/C13HCl9/c14-5-3-1(6(15)10(19)12(21)8(3)17)2-4(5)9(18)13(22)11(20)7(2)16/h5H. The normalized spacial score (nSPS) is 13.5. The number of benzene rings is 2. The van der Waals surface area contributed by atoms with Gasteiger partial charge in [0.05, 0.1) is 45.6 Å². The second-order valence-electron chi connectivity index (χ2n) is 4.45. The van der Waals surface area contributed by atoms with E-state index in [0.717, 1.165) is 0 Å². The second-order valence-corrected chi connectivity index (χ2v) is 7.91. The third kappa shape index (κ3) is 2.27. The zero-order chi connectivity index (χ0) is 16.5. The Hall–Kier alpha value is 1.05. The van der Waals surface area contributed by atoms with Crippen LogP contribution in [-0.2, 0) is 0 Å². The monoisotopic (exact) mass is 472 g/mol. The van der Waals surface area contributed by atoms with Gasteiger partial charge in [-0.15, -0.1) is 11.6 Å². The summed E-state index contributed by atoms with van der Waals surface area (Å²) in [4.78, 5) is 0. The zero-order valence-electron chi connectivity index (χ0n) is 9.98. The molecule has 116 valence electrons. The molecule has 0 nitrogen and oxygen atoms in total. The number of hydrogen-bond acceptors (Lipinski definition) is 0. The topological polar surface area (TPSA) is 0 Å². The van der Waals surface area contributed by atoms with Crippen LogP contribution in [0.1, 0.15) is 16.5 Å². The van der Waals surface area contributed by atoms with Gasteiger partial charge in [0.2, 0.25) is 0 Å². The van der Waals surface area contributed by atoms with Crippen molar-refractivity contribution in [3.05, 3.63) is 51.3 Å². The van der Waals surface area contributed by atoms with Crippen molar-refractivity contribution in [2.75, 3.05) is 0 Å². The molecule has 0 spiro atoms. The Morgan fingerprint density at radius 1 is 0.409 bits per heavy atom. The Labute approximate surface area is 171 Å². The van der Waals surface area contributed by atoms with Crippen molar-refractivity contribution in [3.8, 4) is 11.1 Å². The summed E-state index contributed by atoms with van der Waals surface area (Å²) in [5, 5.41) is 0.389. The molecule has 0 N–H and O–H groups in total. The third-order valence-electron chi connectivity index (χ3n) is 3.36. The van der Waals surface area contributed by atoms with Gasteiger partial charge in [0.25, 0.3) is 0 Å². The number of alkyl halides is 1. The minimum Gasteiger partial charge on any atom is -0.112 e. The zero-order valence-corrected chi connectivity index (χ0v) is 16.8. The lowest BCUT2D eigenvalue weighted by atomic mass is 10.1. The molecular formula is C13HCl9. The molecule has 1 aliphatic rings. The maximum atomic E-state index is 6.49. The van der Waals surface area contributed by atoms with Gasteiger partial charge in [-0.2, -0.15) is 0 Å². The summed E-state index contributed by atoms with van der Waals surface area (Å²) in [6.07, 6.45) is 0. The summed E-state index contributed by atoms with van der Waals surface area (Å²) in [7, 11) is 0. The van der Waals surface area contributed by atoms with Gasteiger partial charge in [-0.3, -0.25) is 0 Å². The van der Waals surface area contributed by atoms with Crippen molar-refractivity contribution in [1.82, 2.24) is 0 Å². The van der Waals surface area contributed by atoms with E-state index in [1.54, 1.807) is 0 Å². The minimum atomic E-state index is -0.732. The molecule has 9 heteroatoms. The summed E-state index contributed by atoms with van der Waals surface area (Å²) in [6, 6.07) is 0. The number of fused-ring (bicyclic) bond motifs is 3. The van der Waals surface area contributed by atoms with Gasteiger partial charge in [-0.1, -0.05) is 92.8 Å². The van der Waals surface area contributed by atoms with Crippen LogP contribution < -0.4 is 0 Å². The Morgan fingerprint density at radius 3 is 1.00 bits per heavy atom. The van der Waals surface area contributed by atoms with Crippen LogP contribution in [0.15, 0.2) is 0 Å². The van der Waals surface area contributed by atoms with E-state index in [9.17, 15) is 0 Å². The molecule has 0 aromatic heterocycles. The molecule has 0 saturated carbocycles. The van der Waals surface area contributed by atoms with Gasteiger partial charge >= 0.3 is 0 Å². The van der Waals surface area contributed by atoms with Crippen LogP contribution in [0.25, 0.3) is 11.1 Å². The first-order chi connectivity index (χ1) is 10.2. The molecule has 3 rings (SSSR count). The maximum absolute atomic E-state index is 6.49. The molecule has 0 fully saturated rings. The fraction of sp³-hybridized carbons (Fsp3) is 0.0769. The highest BCUT2D eigenvalue weighted by molar-refractivity contribution is 6.56. The molecule has 0 saturated heterocycles. The molecule has 0 atom stereocenters. The molecule has 2 aromatic carbocycles. The van der Waals surface area contributed by atoms with E-state index in [0.29, 0.717) is 22.3 Å². The van der Waals surface area contributed by atoms with Crippen molar-refractivity contribution in [2.24, 2.45) is 0 Å². The predicted molar refractivity (Wildman–Crippen MR) is 99.7 cm³/mol. The van der Waals surface area contributed by atoms with Crippen LogP contribution >= 0.6 is 104 Å². The van der Waals surface area contributed by atoms with Crippen molar-refractivity contribution in [1.29, 1.82) is 0 Å². The van der Waals surface area contributed by atoms with E-state index in [1.807, 2.05) is 0 Å². The lowest BCUT2D eigenvalue weighted by Crippen LogP contribution is -1.91. The average Bonchev–Trinajstić information content (AvgIpc) is 2.80. The van der Waals surface area contributed by atoms with Crippen LogP contribution in [0.2, 0.25) is 40.2 Å². The van der Waals surface area contributed by atoms with E-state index in [4.69, 9.17) is 104 Å². The van der Waals surface area contributed by atoms with Crippen LogP contribution in [0.5, 0.6) is 0 Å². The van der Waals surface area contributed by atoms with Gasteiger partial charge in [0, 0.05) is 22.3 Å². The quantitative estimate of drug-likeness (QED) is 0.202. The van der Waals surface area contributed by atoms with E-state index < -0.39 is 5.38 Å². The van der Waals surface area contributed by atoms with Gasteiger partial charge < -0.3 is 0 Å². The molecule has 0 heterocycles. The summed E-state index contributed by atoms with van der Waals surface area (Å²) in [5.74, 6) is 0. The number of halogens is 9. The van der Waals surface area contributed by atoms with Crippen molar-refractivity contribution < 1.29 is 0 Å². The molecule has 2 aromatic rings. The van der Waals surface area contributed by atoms with Gasteiger partial charge in [0.1, 0.15) is 0 Å². The number of hydrogen-bond donors (Lipinski definition) is 0. The lowest BCUT2D eigenvalue weighted by Gasteiger charge is -2.12. The molecule has 0 aliphatic heterocycles. The Morgan fingerprint density at radius 2 is 0.682 bits per heavy atom. The third-order valence-corrected chi connectivity index (χ3v) is 7.43. The van der Waals surface area contributed by atoms with E-state index >= 15 is 0 Å². The smallest absolute Gasteiger partial charge is 0.0878 e. The van der Waals surface area contributed by atoms with Crippen LogP contribution in [0.3, 0.4) is 0 Å². The Balaban J connectivity index is 2.56. The maximum Gasteiger partial charge on any atom is 0.0878 e. The fourth-order valence-corrected chi connectivity index (χ4v) is 5.10. The average molecular weight is 476 g/mol. The Kier molecular flexibility index (Phi) is 4.94. The van der Waals surface area contributed by atoms with E-state index in [1.165, 1.54) is 0 Å². The molecule has 0 radical (unpaired) electrons. The molecule has 0 amide bonds. The molecule has 1 aliphatic carbocycles. The van der Waals surface area contributed by atoms with E-state index in [2.05, 4.69) is 0 Å². The molecular weight excluding hydrogens is 475 g/mol. The fourth-order valence-electron chi connectivity index (χ4n) is 2.41. The van der Waals surface area contributed by atoms with Crippen LogP contribution in [0, 0.1) is 0 Å².